The molecule has 0 saturated carbocycles. The Balaban J connectivity index is 0.00000242. The van der Waals surface area contributed by atoms with Crippen LogP contribution in [0.5, 0.6) is 0 Å². The lowest BCUT2D eigenvalue weighted by Gasteiger charge is -2.08. The number of rotatable bonds is 3. The van der Waals surface area contributed by atoms with E-state index in [1.807, 2.05) is 38.1 Å². The number of nitriles is 1. The van der Waals surface area contributed by atoms with E-state index in [1.54, 1.807) is 12.1 Å². The fourth-order valence-electron chi connectivity index (χ4n) is 2.10. The smallest absolute Gasteiger partial charge is 0.193 e. The third kappa shape index (κ3) is 5.37. The van der Waals surface area contributed by atoms with E-state index in [0.29, 0.717) is 18.1 Å². The molecule has 2 rings (SSSR count). The van der Waals surface area contributed by atoms with Gasteiger partial charge in [-0.05, 0) is 54.8 Å². The van der Waals surface area contributed by atoms with Crippen LogP contribution in [0.25, 0.3) is 0 Å². The van der Waals surface area contributed by atoms with Crippen molar-refractivity contribution in [1.82, 2.24) is 0 Å². The molecular weight excluding hydrogens is 387 g/mol. The molecule has 114 valence electrons. The van der Waals surface area contributed by atoms with Gasteiger partial charge in [0.05, 0.1) is 18.2 Å². The number of guanidine groups is 1. The molecule has 0 bridgehead atoms. The molecule has 0 heterocycles. The number of benzene rings is 2. The van der Waals surface area contributed by atoms with E-state index in [0.717, 1.165) is 11.3 Å². The van der Waals surface area contributed by atoms with Gasteiger partial charge < -0.3 is 11.1 Å². The number of nitrogens with zero attached hydrogens (tertiary/aromatic N) is 2. The molecule has 5 heteroatoms. The molecule has 0 spiro atoms. The highest BCUT2D eigenvalue weighted by Gasteiger charge is 1.98. The zero-order valence-electron chi connectivity index (χ0n) is 12.6. The lowest BCUT2D eigenvalue weighted by molar-refractivity contribution is 1.06. The van der Waals surface area contributed by atoms with E-state index >= 15 is 0 Å². The van der Waals surface area contributed by atoms with Crippen LogP contribution >= 0.6 is 24.0 Å². The Morgan fingerprint density at radius 1 is 1.14 bits per heavy atom. The van der Waals surface area contributed by atoms with E-state index in [4.69, 9.17) is 11.0 Å². The molecule has 0 fully saturated rings. The first-order chi connectivity index (χ1) is 10.1. The number of nitrogens with one attached hydrogen (secondary N) is 1. The quantitative estimate of drug-likeness (QED) is 0.464. The number of anilines is 1. The standard InChI is InChI=1S/C17H18N4.HI/c1-12-7-13(2)9-16(8-12)21-17(19)20-11-15-5-3-14(10-18)4-6-15;/h3-9H,11H2,1-2H3,(H3,19,20,21);1H. The summed E-state index contributed by atoms with van der Waals surface area (Å²) in [6.07, 6.45) is 0. The van der Waals surface area contributed by atoms with Crippen molar-refractivity contribution in [3.8, 4) is 6.07 Å². The van der Waals surface area contributed by atoms with Crippen LogP contribution in [-0.2, 0) is 6.54 Å². The van der Waals surface area contributed by atoms with Crippen molar-refractivity contribution in [2.75, 3.05) is 5.32 Å². The molecule has 0 atom stereocenters. The van der Waals surface area contributed by atoms with Crippen molar-refractivity contribution in [3.05, 3.63) is 64.7 Å². The van der Waals surface area contributed by atoms with Gasteiger partial charge in [-0.2, -0.15) is 5.26 Å². The lowest BCUT2D eigenvalue weighted by Crippen LogP contribution is -2.22. The summed E-state index contributed by atoms with van der Waals surface area (Å²) in [5.41, 5.74) is 10.8. The van der Waals surface area contributed by atoms with Crippen molar-refractivity contribution in [3.63, 3.8) is 0 Å². The summed E-state index contributed by atoms with van der Waals surface area (Å²) in [5, 5.41) is 11.8. The number of aryl methyl sites for hydroxylation is 2. The molecule has 0 aliphatic rings. The summed E-state index contributed by atoms with van der Waals surface area (Å²) < 4.78 is 0. The number of hydrogen-bond acceptors (Lipinski definition) is 2. The van der Waals surface area contributed by atoms with Gasteiger partial charge >= 0.3 is 0 Å². The van der Waals surface area contributed by atoms with Crippen LogP contribution in [-0.4, -0.2) is 5.96 Å². The van der Waals surface area contributed by atoms with E-state index in [1.165, 1.54) is 11.1 Å². The summed E-state index contributed by atoms with van der Waals surface area (Å²) in [5.74, 6) is 0.379. The largest absolute Gasteiger partial charge is 0.370 e. The number of halogens is 1. The third-order valence-electron chi connectivity index (χ3n) is 3.01. The van der Waals surface area contributed by atoms with Crippen LogP contribution in [0.4, 0.5) is 5.69 Å². The molecule has 4 nitrogen and oxygen atoms in total. The Kier molecular flexibility index (Phi) is 6.86. The van der Waals surface area contributed by atoms with Gasteiger partial charge in [-0.15, -0.1) is 24.0 Å². The van der Waals surface area contributed by atoms with Gasteiger partial charge in [-0.1, -0.05) is 18.2 Å². The van der Waals surface area contributed by atoms with Gasteiger partial charge in [0, 0.05) is 5.69 Å². The average Bonchev–Trinajstić information content (AvgIpc) is 2.44. The predicted molar refractivity (Wildman–Crippen MR) is 101 cm³/mol. The first kappa shape index (κ1) is 18.0. The van der Waals surface area contributed by atoms with Crippen LogP contribution in [0.2, 0.25) is 0 Å². The second kappa shape index (κ2) is 8.39. The molecular formula is C17H19IN4. The van der Waals surface area contributed by atoms with Crippen LogP contribution < -0.4 is 11.1 Å². The molecule has 0 radical (unpaired) electrons. The molecule has 0 amide bonds. The van der Waals surface area contributed by atoms with Gasteiger partial charge in [0.25, 0.3) is 0 Å². The maximum atomic E-state index is 8.75. The van der Waals surface area contributed by atoms with Gasteiger partial charge in [0.2, 0.25) is 0 Å². The Hall–Kier alpha value is -2.07. The highest BCUT2D eigenvalue weighted by molar-refractivity contribution is 14.0. The molecule has 22 heavy (non-hydrogen) atoms. The minimum absolute atomic E-state index is 0. The fourth-order valence-corrected chi connectivity index (χ4v) is 2.10. The zero-order chi connectivity index (χ0) is 15.2. The molecule has 2 aromatic carbocycles. The normalized spacial score (nSPS) is 10.5. The van der Waals surface area contributed by atoms with Crippen molar-refractivity contribution in [1.29, 1.82) is 5.26 Å². The predicted octanol–water partition coefficient (Wildman–Crippen LogP) is 3.72. The first-order valence-corrected chi connectivity index (χ1v) is 6.71. The fraction of sp³-hybridized carbons (Fsp3) is 0.176. The number of aliphatic imine (C=N–C) groups is 1. The minimum atomic E-state index is 0. The first-order valence-electron chi connectivity index (χ1n) is 6.71. The van der Waals surface area contributed by atoms with Gasteiger partial charge in [-0.25, -0.2) is 4.99 Å². The molecule has 2 aromatic rings. The van der Waals surface area contributed by atoms with E-state index in [2.05, 4.69) is 22.4 Å². The maximum absolute atomic E-state index is 8.75. The highest BCUT2D eigenvalue weighted by atomic mass is 127. The molecule has 0 saturated heterocycles. The van der Waals surface area contributed by atoms with Crippen molar-refractivity contribution in [2.45, 2.75) is 20.4 Å². The minimum Gasteiger partial charge on any atom is -0.370 e. The Bertz CT molecular complexity index is 679. The van der Waals surface area contributed by atoms with E-state index < -0.39 is 0 Å². The lowest BCUT2D eigenvalue weighted by atomic mass is 10.1. The maximum Gasteiger partial charge on any atom is 0.193 e. The molecule has 0 aromatic heterocycles. The summed E-state index contributed by atoms with van der Waals surface area (Å²) in [4.78, 5) is 4.30. The third-order valence-corrected chi connectivity index (χ3v) is 3.01. The van der Waals surface area contributed by atoms with Crippen molar-refractivity contribution in [2.24, 2.45) is 10.7 Å². The molecule has 0 aliphatic carbocycles. The SMILES string of the molecule is Cc1cc(C)cc(NC(N)=NCc2ccc(C#N)cc2)c1.I. The van der Waals surface area contributed by atoms with Crippen LogP contribution in [0.3, 0.4) is 0 Å². The van der Waals surface area contributed by atoms with Gasteiger partial charge in [0.15, 0.2) is 5.96 Å². The van der Waals surface area contributed by atoms with Crippen molar-refractivity contribution >= 4 is 35.6 Å². The highest BCUT2D eigenvalue weighted by Crippen LogP contribution is 2.13. The van der Waals surface area contributed by atoms with E-state index in [9.17, 15) is 0 Å². The Labute approximate surface area is 148 Å². The monoisotopic (exact) mass is 406 g/mol. The van der Waals surface area contributed by atoms with Gasteiger partial charge in [-0.3, -0.25) is 0 Å². The molecule has 0 aliphatic heterocycles. The molecule has 3 N–H and O–H groups in total. The Morgan fingerprint density at radius 3 is 2.27 bits per heavy atom. The second-order valence-electron chi connectivity index (χ2n) is 5.01. The van der Waals surface area contributed by atoms with Crippen LogP contribution in [0.15, 0.2) is 47.5 Å². The number of hydrogen-bond donors (Lipinski definition) is 2. The topological polar surface area (TPSA) is 74.2 Å². The second-order valence-corrected chi connectivity index (χ2v) is 5.01. The number of nitrogens with two attached hydrogens (primary N) is 1. The Morgan fingerprint density at radius 2 is 1.73 bits per heavy atom. The summed E-state index contributed by atoms with van der Waals surface area (Å²) in [6.45, 7) is 4.57. The van der Waals surface area contributed by atoms with Crippen LogP contribution in [0.1, 0.15) is 22.3 Å². The average molecular weight is 406 g/mol. The van der Waals surface area contributed by atoms with E-state index in [-0.39, 0.29) is 24.0 Å². The summed E-state index contributed by atoms with van der Waals surface area (Å²) in [6, 6.07) is 15.6. The van der Waals surface area contributed by atoms with Crippen molar-refractivity contribution < 1.29 is 0 Å². The van der Waals surface area contributed by atoms with Crippen LogP contribution in [0, 0.1) is 25.2 Å². The zero-order valence-corrected chi connectivity index (χ0v) is 15.0. The van der Waals surface area contributed by atoms with Gasteiger partial charge in [0.1, 0.15) is 0 Å². The summed E-state index contributed by atoms with van der Waals surface area (Å²) >= 11 is 0. The molecule has 0 unspecified atom stereocenters. The summed E-state index contributed by atoms with van der Waals surface area (Å²) in [7, 11) is 0.